The van der Waals surface area contributed by atoms with E-state index < -0.39 is 5.97 Å². The molecule has 34 heavy (non-hydrogen) atoms. The molecule has 0 aliphatic rings. The average molecular weight is 485 g/mol. The molecule has 0 atom stereocenters. The van der Waals surface area contributed by atoms with Gasteiger partial charge in [0.2, 0.25) is 5.91 Å². The normalized spacial score (nSPS) is 10.8. The summed E-state index contributed by atoms with van der Waals surface area (Å²) in [5, 5.41) is 26.6. The fraction of sp³-hybridized carbons (Fsp3) is 0.136. The number of benzene rings is 2. The molecule has 174 valence electrons. The van der Waals surface area contributed by atoms with E-state index >= 15 is 0 Å². The summed E-state index contributed by atoms with van der Waals surface area (Å²) in [7, 11) is 0. The Bertz CT molecular complexity index is 1320. The molecule has 12 heteroatoms. The van der Waals surface area contributed by atoms with Crippen LogP contribution in [0.3, 0.4) is 0 Å². The van der Waals surface area contributed by atoms with Gasteiger partial charge >= 0.3 is 5.97 Å². The fourth-order valence-corrected chi connectivity index (χ4v) is 3.21. The maximum atomic E-state index is 13.0. The third-order valence-corrected chi connectivity index (χ3v) is 4.93. The molecule has 0 aliphatic heterocycles. The zero-order chi connectivity index (χ0) is 24.1. The van der Waals surface area contributed by atoms with Gasteiger partial charge in [-0.25, -0.2) is 13.9 Å². The van der Waals surface area contributed by atoms with Crippen molar-refractivity contribution < 1.29 is 23.8 Å². The minimum absolute atomic E-state index is 0.0437. The quantitative estimate of drug-likeness (QED) is 0.332. The lowest BCUT2D eigenvalue weighted by molar-refractivity contribution is -0.122. The molecule has 0 spiro atoms. The van der Waals surface area contributed by atoms with Crippen LogP contribution in [0.15, 0.2) is 54.7 Å². The number of aromatic nitrogens is 5. The summed E-state index contributed by atoms with van der Waals surface area (Å²) in [6.07, 6.45) is 1.57. The molecule has 0 fully saturated rings. The van der Waals surface area contributed by atoms with Crippen LogP contribution < -0.4 is 10.1 Å². The Morgan fingerprint density at radius 2 is 1.97 bits per heavy atom. The molecular formula is C22H18ClFN6O4. The first-order valence-corrected chi connectivity index (χ1v) is 10.4. The van der Waals surface area contributed by atoms with Gasteiger partial charge in [0, 0.05) is 17.1 Å². The van der Waals surface area contributed by atoms with E-state index in [-0.39, 0.29) is 37.1 Å². The molecule has 10 nitrogen and oxygen atoms in total. The average Bonchev–Trinajstić information content (AvgIpc) is 3.48. The number of H-pyrrole nitrogens is 1. The molecule has 4 aromatic rings. The number of aromatic amines is 1. The first kappa shape index (κ1) is 22.9. The minimum atomic E-state index is -1.14. The third-order valence-electron chi connectivity index (χ3n) is 4.70. The van der Waals surface area contributed by atoms with Crippen molar-refractivity contribution in [3.8, 4) is 17.0 Å². The summed E-state index contributed by atoms with van der Waals surface area (Å²) in [4.78, 5) is 23.3. The number of carbonyl (C=O) groups excluding carboxylic acids is 1. The number of carboxylic acids is 1. The largest absolute Gasteiger partial charge is 0.486 e. The van der Waals surface area contributed by atoms with Crippen molar-refractivity contribution in [3.05, 3.63) is 82.5 Å². The van der Waals surface area contributed by atoms with Crippen LogP contribution in [0.5, 0.6) is 5.75 Å². The molecule has 4 rings (SSSR count). The van der Waals surface area contributed by atoms with Crippen LogP contribution in [0.1, 0.15) is 21.7 Å². The van der Waals surface area contributed by atoms with Gasteiger partial charge in [-0.1, -0.05) is 28.9 Å². The smallest absolute Gasteiger partial charge is 0.353 e. The molecule has 2 heterocycles. The highest BCUT2D eigenvalue weighted by atomic mass is 35.5. The number of carbonyl (C=O) groups is 2. The molecule has 3 N–H and O–H groups in total. The Morgan fingerprint density at radius 3 is 2.71 bits per heavy atom. The molecular weight excluding hydrogens is 467 g/mol. The number of carboxylic acid groups (broad SMARTS) is 1. The van der Waals surface area contributed by atoms with Gasteiger partial charge < -0.3 is 15.2 Å². The topological polar surface area (TPSA) is 135 Å². The van der Waals surface area contributed by atoms with E-state index in [0.29, 0.717) is 27.7 Å². The number of halogens is 2. The van der Waals surface area contributed by atoms with E-state index in [1.54, 1.807) is 36.5 Å². The molecule has 2 aromatic heterocycles. The summed E-state index contributed by atoms with van der Waals surface area (Å²) in [6.45, 7) is 0.258. The predicted molar refractivity (Wildman–Crippen MR) is 119 cm³/mol. The van der Waals surface area contributed by atoms with Crippen molar-refractivity contribution in [3.63, 3.8) is 0 Å². The maximum absolute atomic E-state index is 13.0. The highest BCUT2D eigenvalue weighted by Crippen LogP contribution is 2.32. The monoisotopic (exact) mass is 484 g/mol. The van der Waals surface area contributed by atoms with Gasteiger partial charge in [-0.05, 0) is 42.0 Å². The van der Waals surface area contributed by atoms with Gasteiger partial charge in [0.15, 0.2) is 0 Å². The molecule has 1 amide bonds. The minimum Gasteiger partial charge on any atom is -0.486 e. The van der Waals surface area contributed by atoms with Crippen molar-refractivity contribution in [1.29, 1.82) is 0 Å². The molecule has 0 aliphatic carbocycles. The standard InChI is InChI=1S/C22H18ClFN6O4/c23-14-3-6-20(17(7-14)18-8-19(22(32)33)28-27-18)34-12-16-10-30(29-26-16)11-21(31)25-9-13-1-4-15(24)5-2-13/h1-8,10H,9,11-12H2,(H,25,31)(H,27,28)(H,32,33). The number of amides is 1. The Hall–Kier alpha value is -4.25. The summed E-state index contributed by atoms with van der Waals surface area (Å²) in [5.41, 5.74) is 2.04. The number of aromatic carboxylic acids is 1. The Morgan fingerprint density at radius 1 is 1.18 bits per heavy atom. The second-order valence-corrected chi connectivity index (χ2v) is 7.65. The first-order chi connectivity index (χ1) is 16.4. The first-order valence-electron chi connectivity index (χ1n) is 9.99. The summed E-state index contributed by atoms with van der Waals surface area (Å²) in [5.74, 6) is -1.34. The van der Waals surface area contributed by atoms with Gasteiger partial charge in [0.25, 0.3) is 0 Å². The molecule has 0 saturated heterocycles. The van der Waals surface area contributed by atoms with Crippen LogP contribution in [0, 0.1) is 5.82 Å². The van der Waals surface area contributed by atoms with E-state index in [4.69, 9.17) is 21.4 Å². The zero-order valence-corrected chi connectivity index (χ0v) is 18.3. The van der Waals surface area contributed by atoms with Gasteiger partial charge in [-0.2, -0.15) is 5.10 Å². The summed E-state index contributed by atoms with van der Waals surface area (Å²) >= 11 is 6.09. The molecule has 0 saturated carbocycles. The van der Waals surface area contributed by atoms with Crippen LogP contribution in [0.4, 0.5) is 4.39 Å². The number of hydrogen-bond acceptors (Lipinski definition) is 6. The predicted octanol–water partition coefficient (Wildman–Crippen LogP) is 3.05. The number of hydrogen-bond donors (Lipinski definition) is 3. The zero-order valence-electron chi connectivity index (χ0n) is 17.5. The Kier molecular flexibility index (Phi) is 6.83. The number of nitrogens with zero attached hydrogens (tertiary/aromatic N) is 4. The van der Waals surface area contributed by atoms with Crippen LogP contribution in [-0.4, -0.2) is 42.2 Å². The van der Waals surface area contributed by atoms with Crippen molar-refractivity contribution in [2.75, 3.05) is 0 Å². The van der Waals surface area contributed by atoms with Crippen LogP contribution in [0.2, 0.25) is 5.02 Å². The molecule has 0 bridgehead atoms. The van der Waals surface area contributed by atoms with Crippen LogP contribution in [0.25, 0.3) is 11.3 Å². The highest BCUT2D eigenvalue weighted by molar-refractivity contribution is 6.31. The Balaban J connectivity index is 1.36. The summed E-state index contributed by atoms with van der Waals surface area (Å²) in [6, 6.07) is 12.1. The van der Waals surface area contributed by atoms with E-state index in [1.807, 2.05) is 0 Å². The van der Waals surface area contributed by atoms with Crippen LogP contribution >= 0.6 is 11.6 Å². The third kappa shape index (κ3) is 5.75. The summed E-state index contributed by atoms with van der Waals surface area (Å²) < 4.78 is 20.2. The lowest BCUT2D eigenvalue weighted by Crippen LogP contribution is -2.27. The van der Waals surface area contributed by atoms with Crippen molar-refractivity contribution in [2.24, 2.45) is 0 Å². The maximum Gasteiger partial charge on any atom is 0.353 e. The van der Waals surface area contributed by atoms with Crippen molar-refractivity contribution >= 4 is 23.5 Å². The van der Waals surface area contributed by atoms with Gasteiger partial charge in [-0.15, -0.1) is 5.10 Å². The van der Waals surface area contributed by atoms with Crippen LogP contribution in [-0.2, 0) is 24.5 Å². The Labute approximate surface area is 197 Å². The highest BCUT2D eigenvalue weighted by Gasteiger charge is 2.15. The van der Waals surface area contributed by atoms with Gasteiger partial charge in [0.1, 0.15) is 36.1 Å². The molecule has 0 radical (unpaired) electrons. The second kappa shape index (κ2) is 10.1. The lowest BCUT2D eigenvalue weighted by Gasteiger charge is -2.09. The van der Waals surface area contributed by atoms with E-state index in [9.17, 15) is 14.0 Å². The molecule has 0 unspecified atom stereocenters. The number of nitrogens with one attached hydrogen (secondary N) is 2. The van der Waals surface area contributed by atoms with Crippen molar-refractivity contribution in [1.82, 2.24) is 30.5 Å². The van der Waals surface area contributed by atoms with E-state index in [0.717, 1.165) is 5.56 Å². The SMILES string of the molecule is O=C(Cn1cc(COc2ccc(Cl)cc2-c2cc(C(=O)O)[nH]n2)nn1)NCc1ccc(F)cc1. The fourth-order valence-electron chi connectivity index (χ4n) is 3.04. The number of rotatable bonds is 9. The lowest BCUT2D eigenvalue weighted by atomic mass is 10.1. The van der Waals surface area contributed by atoms with Crippen molar-refractivity contribution in [2.45, 2.75) is 19.7 Å². The van der Waals surface area contributed by atoms with Gasteiger partial charge in [0.05, 0.1) is 11.9 Å². The van der Waals surface area contributed by atoms with Gasteiger partial charge in [-0.3, -0.25) is 9.89 Å². The number of ether oxygens (including phenoxy) is 1. The van der Waals surface area contributed by atoms with E-state index in [2.05, 4.69) is 25.8 Å². The second-order valence-electron chi connectivity index (χ2n) is 7.21. The molecule has 2 aromatic carbocycles. The van der Waals surface area contributed by atoms with E-state index in [1.165, 1.54) is 22.9 Å².